The smallest absolute Gasteiger partial charge is 0.128 e. The van der Waals surface area contributed by atoms with Crippen LogP contribution in [0.3, 0.4) is 0 Å². The summed E-state index contributed by atoms with van der Waals surface area (Å²) in [5, 5.41) is 11.1. The first-order valence-corrected chi connectivity index (χ1v) is 8.26. The van der Waals surface area contributed by atoms with Crippen molar-refractivity contribution in [2.45, 2.75) is 58.6 Å². The van der Waals surface area contributed by atoms with Gasteiger partial charge in [-0.3, -0.25) is 4.90 Å². The minimum atomic E-state index is -0.532. The van der Waals surface area contributed by atoms with Gasteiger partial charge in [-0.25, -0.2) is 0 Å². The maximum atomic E-state index is 11.1. The molecule has 0 aliphatic carbocycles. The van der Waals surface area contributed by atoms with Crippen LogP contribution in [0, 0.1) is 0 Å². The zero-order valence-corrected chi connectivity index (χ0v) is 13.9. The van der Waals surface area contributed by atoms with Crippen LogP contribution in [0.4, 0.5) is 0 Å². The molecule has 0 bridgehead atoms. The van der Waals surface area contributed by atoms with Gasteiger partial charge in [-0.05, 0) is 44.8 Å². The number of nitrogens with zero attached hydrogens (tertiary/aromatic N) is 1. The number of aliphatic hydroxyl groups excluding tert-OH is 1. The molecule has 0 aromatic heterocycles. The Balaban J connectivity index is 2.40. The van der Waals surface area contributed by atoms with Gasteiger partial charge in [-0.15, -0.1) is 0 Å². The number of hydrogen-bond acceptors (Lipinski definition) is 3. The fourth-order valence-electron chi connectivity index (χ4n) is 3.50. The fraction of sp³-hybridized carbons (Fsp3) is 0.667. The van der Waals surface area contributed by atoms with Gasteiger partial charge >= 0.3 is 0 Å². The number of aryl methyl sites for hydroxylation is 1. The van der Waals surface area contributed by atoms with Crippen molar-refractivity contribution in [1.29, 1.82) is 0 Å². The van der Waals surface area contributed by atoms with E-state index in [-0.39, 0.29) is 5.54 Å². The topological polar surface area (TPSA) is 32.7 Å². The molecular weight excluding hydrogens is 262 g/mol. The minimum absolute atomic E-state index is 0.264. The van der Waals surface area contributed by atoms with E-state index < -0.39 is 6.10 Å². The molecule has 3 heteroatoms. The molecule has 2 rings (SSSR count). The molecule has 1 aromatic carbocycles. The van der Waals surface area contributed by atoms with Crippen molar-refractivity contribution in [3.05, 3.63) is 29.3 Å². The number of likely N-dealkylation sites (N-methyl/N-ethyl adjacent to an activating group) is 1. The van der Waals surface area contributed by atoms with E-state index >= 15 is 0 Å². The quantitative estimate of drug-likeness (QED) is 0.870. The Labute approximate surface area is 128 Å². The minimum Gasteiger partial charge on any atom is -0.493 e. The fourth-order valence-corrected chi connectivity index (χ4v) is 3.50. The second-order valence-corrected chi connectivity index (χ2v) is 6.07. The predicted molar refractivity (Wildman–Crippen MR) is 86.8 cm³/mol. The Morgan fingerprint density at radius 2 is 2.00 bits per heavy atom. The Kier molecular flexibility index (Phi) is 5.28. The summed E-state index contributed by atoms with van der Waals surface area (Å²) in [6, 6.07) is 6.18. The molecule has 0 amide bonds. The number of rotatable bonds is 6. The van der Waals surface area contributed by atoms with Crippen LogP contribution in [-0.2, 0) is 6.42 Å². The third kappa shape index (κ3) is 2.95. The van der Waals surface area contributed by atoms with Gasteiger partial charge in [0.05, 0.1) is 6.61 Å². The molecule has 0 saturated heterocycles. The van der Waals surface area contributed by atoms with Crippen molar-refractivity contribution in [1.82, 2.24) is 4.90 Å². The number of para-hydroxylation sites is 1. The Bertz CT molecular complexity index is 470. The number of aliphatic hydroxyl groups is 1. The summed E-state index contributed by atoms with van der Waals surface area (Å²) in [7, 11) is 0. The first-order valence-electron chi connectivity index (χ1n) is 8.26. The van der Waals surface area contributed by atoms with Gasteiger partial charge in [-0.1, -0.05) is 39.0 Å². The van der Waals surface area contributed by atoms with Gasteiger partial charge in [-0.2, -0.15) is 0 Å². The van der Waals surface area contributed by atoms with Crippen molar-refractivity contribution < 1.29 is 9.84 Å². The Hall–Kier alpha value is -1.06. The molecule has 0 radical (unpaired) electrons. The highest BCUT2D eigenvalue weighted by Crippen LogP contribution is 2.40. The molecule has 1 aliphatic heterocycles. The number of hydrogen-bond donors (Lipinski definition) is 1. The lowest BCUT2D eigenvalue weighted by Crippen LogP contribution is -2.50. The summed E-state index contributed by atoms with van der Waals surface area (Å²) >= 11 is 0. The normalized spacial score (nSPS) is 18.8. The standard InChI is InChI=1S/C18H29NO2/c1-5-18(4,19(6-2)7-3)17(20)15-12-8-10-14-11-9-13-21-16(14)15/h8,10,12,17,20H,5-7,9,11,13H2,1-4H3. The van der Waals surface area contributed by atoms with Crippen LogP contribution in [-0.4, -0.2) is 35.2 Å². The number of fused-ring (bicyclic) bond motifs is 1. The van der Waals surface area contributed by atoms with Crippen LogP contribution in [0.1, 0.15) is 57.8 Å². The van der Waals surface area contributed by atoms with Crippen LogP contribution in [0.15, 0.2) is 18.2 Å². The lowest BCUT2D eigenvalue weighted by molar-refractivity contribution is -0.0228. The SMILES string of the molecule is CCN(CC)C(C)(CC)C(O)c1cccc2c1OCCC2. The maximum Gasteiger partial charge on any atom is 0.128 e. The van der Waals surface area contributed by atoms with Crippen LogP contribution in [0.5, 0.6) is 5.75 Å². The molecular formula is C18H29NO2. The van der Waals surface area contributed by atoms with Crippen LogP contribution in [0.25, 0.3) is 0 Å². The average Bonchev–Trinajstić information content (AvgIpc) is 2.54. The maximum absolute atomic E-state index is 11.1. The van der Waals surface area contributed by atoms with Gasteiger partial charge in [0, 0.05) is 11.1 Å². The highest BCUT2D eigenvalue weighted by atomic mass is 16.5. The van der Waals surface area contributed by atoms with Crippen molar-refractivity contribution >= 4 is 0 Å². The molecule has 0 fully saturated rings. The molecule has 0 saturated carbocycles. The van der Waals surface area contributed by atoms with E-state index in [0.717, 1.165) is 50.3 Å². The van der Waals surface area contributed by atoms with Gasteiger partial charge in [0.1, 0.15) is 11.9 Å². The monoisotopic (exact) mass is 291 g/mol. The first kappa shape index (κ1) is 16.3. The predicted octanol–water partition coefficient (Wildman–Crippen LogP) is 3.56. The summed E-state index contributed by atoms with van der Waals surface area (Å²) in [5.41, 5.74) is 1.92. The lowest BCUT2D eigenvalue weighted by atomic mass is 9.83. The highest BCUT2D eigenvalue weighted by Gasteiger charge is 2.38. The van der Waals surface area contributed by atoms with E-state index in [1.165, 1.54) is 5.56 Å². The van der Waals surface area contributed by atoms with Crippen molar-refractivity contribution in [2.24, 2.45) is 0 Å². The third-order valence-corrected chi connectivity index (χ3v) is 5.05. The van der Waals surface area contributed by atoms with Crippen molar-refractivity contribution in [3.63, 3.8) is 0 Å². The molecule has 3 nitrogen and oxygen atoms in total. The van der Waals surface area contributed by atoms with E-state index in [1.54, 1.807) is 0 Å². The van der Waals surface area contributed by atoms with Crippen LogP contribution in [0.2, 0.25) is 0 Å². The van der Waals surface area contributed by atoms with Crippen molar-refractivity contribution in [3.8, 4) is 5.75 Å². The van der Waals surface area contributed by atoms with Crippen LogP contribution < -0.4 is 4.74 Å². The highest BCUT2D eigenvalue weighted by molar-refractivity contribution is 5.45. The average molecular weight is 291 g/mol. The molecule has 118 valence electrons. The molecule has 1 aliphatic rings. The summed E-state index contributed by atoms with van der Waals surface area (Å²) in [5.74, 6) is 0.920. The lowest BCUT2D eigenvalue weighted by Gasteiger charge is -2.44. The summed E-state index contributed by atoms with van der Waals surface area (Å²) in [4.78, 5) is 2.35. The Morgan fingerprint density at radius 3 is 2.62 bits per heavy atom. The van der Waals surface area contributed by atoms with E-state index in [2.05, 4.69) is 38.7 Å². The molecule has 1 aromatic rings. The Morgan fingerprint density at radius 1 is 1.29 bits per heavy atom. The molecule has 1 heterocycles. The van der Waals surface area contributed by atoms with E-state index in [0.29, 0.717) is 0 Å². The second-order valence-electron chi connectivity index (χ2n) is 6.07. The summed E-state index contributed by atoms with van der Waals surface area (Å²) in [6.07, 6.45) is 2.48. The van der Waals surface area contributed by atoms with E-state index in [4.69, 9.17) is 4.74 Å². The van der Waals surface area contributed by atoms with Gasteiger partial charge in [0.2, 0.25) is 0 Å². The summed E-state index contributed by atoms with van der Waals surface area (Å²) < 4.78 is 5.88. The molecule has 0 spiro atoms. The van der Waals surface area contributed by atoms with Crippen LogP contribution >= 0.6 is 0 Å². The van der Waals surface area contributed by atoms with Gasteiger partial charge in [0.25, 0.3) is 0 Å². The van der Waals surface area contributed by atoms with E-state index in [1.807, 2.05) is 12.1 Å². The number of benzene rings is 1. The van der Waals surface area contributed by atoms with Gasteiger partial charge in [0.15, 0.2) is 0 Å². The first-order chi connectivity index (χ1) is 10.1. The number of ether oxygens (including phenoxy) is 1. The van der Waals surface area contributed by atoms with Crippen molar-refractivity contribution in [2.75, 3.05) is 19.7 Å². The largest absolute Gasteiger partial charge is 0.493 e. The third-order valence-electron chi connectivity index (χ3n) is 5.05. The summed E-state index contributed by atoms with van der Waals surface area (Å²) in [6.45, 7) is 11.2. The molecule has 1 N–H and O–H groups in total. The molecule has 2 atom stereocenters. The molecule has 21 heavy (non-hydrogen) atoms. The second kappa shape index (κ2) is 6.80. The van der Waals surface area contributed by atoms with E-state index in [9.17, 15) is 5.11 Å². The molecule has 2 unspecified atom stereocenters. The zero-order chi connectivity index (χ0) is 15.5. The zero-order valence-electron chi connectivity index (χ0n) is 13.9. The van der Waals surface area contributed by atoms with Gasteiger partial charge < -0.3 is 9.84 Å².